The zero-order valence-electron chi connectivity index (χ0n) is 13.2. The molecule has 1 fully saturated rings. The third-order valence-corrected chi connectivity index (χ3v) is 5.42. The van der Waals surface area contributed by atoms with Gasteiger partial charge in [0.15, 0.2) is 0 Å². The van der Waals surface area contributed by atoms with Crippen LogP contribution in [0.4, 0.5) is 5.69 Å². The van der Waals surface area contributed by atoms with Crippen LogP contribution >= 0.6 is 11.3 Å². The van der Waals surface area contributed by atoms with Gasteiger partial charge in [0, 0.05) is 35.0 Å². The van der Waals surface area contributed by atoms with Crippen molar-refractivity contribution in [1.29, 1.82) is 0 Å². The summed E-state index contributed by atoms with van der Waals surface area (Å²) in [6, 6.07) is 11.6. The second-order valence-corrected chi connectivity index (χ2v) is 7.07. The van der Waals surface area contributed by atoms with Crippen molar-refractivity contribution in [2.45, 2.75) is 25.4 Å². The second kappa shape index (κ2) is 7.21. The van der Waals surface area contributed by atoms with Gasteiger partial charge < -0.3 is 5.32 Å². The number of rotatable bonds is 5. The average molecular weight is 331 g/mol. The van der Waals surface area contributed by atoms with Crippen LogP contribution in [0.25, 0.3) is 10.4 Å². The molecule has 2 aromatic rings. The number of para-hydroxylation sites is 1. The van der Waals surface area contributed by atoms with Gasteiger partial charge >= 0.3 is 0 Å². The minimum absolute atomic E-state index is 0.175. The van der Waals surface area contributed by atoms with Crippen molar-refractivity contribution >= 4 is 17.0 Å². The van der Waals surface area contributed by atoms with E-state index in [1.165, 1.54) is 17.7 Å². The minimum Gasteiger partial charge on any atom is -0.316 e. The molecule has 1 atom stereocenters. The quantitative estimate of drug-likeness (QED) is 0.673. The first-order valence-corrected chi connectivity index (χ1v) is 8.71. The van der Waals surface area contributed by atoms with Gasteiger partial charge in [-0.1, -0.05) is 12.1 Å². The van der Waals surface area contributed by atoms with Crippen LogP contribution in [0.1, 0.15) is 17.7 Å². The molecular formula is C17H21N3O2S. The van der Waals surface area contributed by atoms with Gasteiger partial charge in [-0.15, -0.1) is 11.3 Å². The molecule has 1 aliphatic heterocycles. The van der Waals surface area contributed by atoms with Crippen molar-refractivity contribution in [2.24, 2.45) is 0 Å². The van der Waals surface area contributed by atoms with Crippen molar-refractivity contribution < 1.29 is 4.92 Å². The number of thiophene rings is 1. The molecule has 1 saturated heterocycles. The van der Waals surface area contributed by atoms with Crippen LogP contribution in [0, 0.1) is 10.1 Å². The fourth-order valence-corrected chi connectivity index (χ4v) is 4.19. The molecule has 1 aromatic carbocycles. The van der Waals surface area contributed by atoms with Crippen molar-refractivity contribution in [3.05, 3.63) is 51.4 Å². The summed E-state index contributed by atoms with van der Waals surface area (Å²) in [7, 11) is 2.02. The van der Waals surface area contributed by atoms with E-state index in [0.29, 0.717) is 11.6 Å². The number of nitrogens with one attached hydrogen (secondary N) is 1. The molecule has 5 nitrogen and oxygen atoms in total. The summed E-state index contributed by atoms with van der Waals surface area (Å²) in [5.41, 5.74) is 0.884. The number of hydrogen-bond acceptors (Lipinski definition) is 5. The second-order valence-electron chi connectivity index (χ2n) is 5.90. The molecule has 2 heterocycles. The molecule has 122 valence electrons. The number of nitro groups is 1. The molecule has 6 heteroatoms. The van der Waals surface area contributed by atoms with Crippen molar-refractivity contribution in [3.63, 3.8) is 0 Å². The third-order valence-electron chi connectivity index (χ3n) is 4.32. The lowest BCUT2D eigenvalue weighted by Gasteiger charge is -2.32. The molecule has 1 aromatic heterocycles. The number of likely N-dealkylation sites (tertiary alicyclic amines) is 1. The van der Waals surface area contributed by atoms with E-state index in [0.717, 1.165) is 24.5 Å². The first kappa shape index (κ1) is 16.1. The largest absolute Gasteiger partial charge is 0.316 e. The number of nitrogens with zero attached hydrogens (tertiary/aromatic N) is 2. The van der Waals surface area contributed by atoms with Gasteiger partial charge in [-0.25, -0.2) is 0 Å². The summed E-state index contributed by atoms with van der Waals surface area (Å²) in [5, 5.41) is 14.5. The fraction of sp³-hybridized carbons (Fsp3) is 0.412. The monoisotopic (exact) mass is 331 g/mol. The number of nitro benzene ring substituents is 1. The highest BCUT2D eigenvalue weighted by molar-refractivity contribution is 7.15. The third kappa shape index (κ3) is 3.77. The van der Waals surface area contributed by atoms with E-state index in [1.807, 2.05) is 25.2 Å². The lowest BCUT2D eigenvalue weighted by atomic mass is 10.1. The van der Waals surface area contributed by atoms with Gasteiger partial charge in [0.2, 0.25) is 0 Å². The molecule has 0 saturated carbocycles. The highest BCUT2D eigenvalue weighted by Gasteiger charge is 2.20. The number of likely N-dealkylation sites (N-methyl/N-ethyl adjacent to an activating group) is 1. The highest BCUT2D eigenvalue weighted by atomic mass is 32.1. The zero-order valence-corrected chi connectivity index (χ0v) is 14.0. The van der Waals surface area contributed by atoms with Crippen LogP contribution in [-0.4, -0.2) is 36.0 Å². The van der Waals surface area contributed by atoms with Crippen LogP contribution in [0.2, 0.25) is 0 Å². The van der Waals surface area contributed by atoms with Gasteiger partial charge in [-0.05, 0) is 44.6 Å². The van der Waals surface area contributed by atoms with Crippen LogP contribution in [0.3, 0.4) is 0 Å². The molecule has 0 bridgehead atoms. The van der Waals surface area contributed by atoms with E-state index in [9.17, 15) is 10.1 Å². The van der Waals surface area contributed by atoms with Gasteiger partial charge in [0.1, 0.15) is 0 Å². The summed E-state index contributed by atoms with van der Waals surface area (Å²) in [5.74, 6) is 0. The Kier molecular flexibility index (Phi) is 5.05. The molecule has 0 radical (unpaired) electrons. The predicted octanol–water partition coefficient (Wildman–Crippen LogP) is 3.51. The van der Waals surface area contributed by atoms with Crippen LogP contribution < -0.4 is 5.32 Å². The Hall–Kier alpha value is -1.76. The predicted molar refractivity (Wildman–Crippen MR) is 93.8 cm³/mol. The smallest absolute Gasteiger partial charge is 0.278 e. The minimum atomic E-state index is -0.309. The molecule has 0 aliphatic carbocycles. The Morgan fingerprint density at radius 3 is 2.96 bits per heavy atom. The standard InChI is InChI=1S/C17H21N3O2S/c1-18-13-5-4-10-19(11-13)12-14-8-9-17(23-14)15-6-2-3-7-16(15)20(21)22/h2-3,6-9,13,18H,4-5,10-12H2,1H3. The first-order chi connectivity index (χ1) is 11.2. The van der Waals surface area contributed by atoms with Gasteiger partial charge in [-0.2, -0.15) is 0 Å². The molecule has 23 heavy (non-hydrogen) atoms. The Morgan fingerprint density at radius 1 is 1.35 bits per heavy atom. The van der Waals surface area contributed by atoms with E-state index in [1.54, 1.807) is 23.5 Å². The first-order valence-electron chi connectivity index (χ1n) is 7.89. The van der Waals surface area contributed by atoms with Crippen LogP contribution in [-0.2, 0) is 6.54 Å². The maximum Gasteiger partial charge on any atom is 0.278 e. The highest BCUT2D eigenvalue weighted by Crippen LogP contribution is 2.35. The molecule has 0 spiro atoms. The fourth-order valence-electron chi connectivity index (χ4n) is 3.10. The van der Waals surface area contributed by atoms with Crippen molar-refractivity contribution in [3.8, 4) is 10.4 Å². The zero-order chi connectivity index (χ0) is 16.2. The SMILES string of the molecule is CNC1CCCN(Cc2ccc(-c3ccccc3[N+](=O)[O-])s2)C1. The molecule has 3 rings (SSSR count). The van der Waals surface area contributed by atoms with Crippen LogP contribution in [0.5, 0.6) is 0 Å². The van der Waals surface area contributed by atoms with E-state index >= 15 is 0 Å². The number of hydrogen-bond donors (Lipinski definition) is 1. The Bertz CT molecular complexity index is 686. The number of benzene rings is 1. The summed E-state index contributed by atoms with van der Waals surface area (Å²) in [6.07, 6.45) is 2.45. The molecule has 1 aliphatic rings. The summed E-state index contributed by atoms with van der Waals surface area (Å²) in [4.78, 5) is 15.6. The van der Waals surface area contributed by atoms with Gasteiger partial charge in [0.05, 0.1) is 10.5 Å². The van der Waals surface area contributed by atoms with E-state index < -0.39 is 0 Å². The Morgan fingerprint density at radius 2 is 2.17 bits per heavy atom. The summed E-state index contributed by atoms with van der Waals surface area (Å²) >= 11 is 1.65. The lowest BCUT2D eigenvalue weighted by molar-refractivity contribution is -0.384. The van der Waals surface area contributed by atoms with Crippen molar-refractivity contribution in [1.82, 2.24) is 10.2 Å². The van der Waals surface area contributed by atoms with Crippen molar-refractivity contribution in [2.75, 3.05) is 20.1 Å². The van der Waals surface area contributed by atoms with Gasteiger partial charge in [-0.3, -0.25) is 15.0 Å². The lowest BCUT2D eigenvalue weighted by Crippen LogP contribution is -2.43. The van der Waals surface area contributed by atoms with E-state index in [-0.39, 0.29) is 10.6 Å². The summed E-state index contributed by atoms with van der Waals surface area (Å²) < 4.78 is 0. The topological polar surface area (TPSA) is 58.4 Å². The number of piperidine rings is 1. The Labute approximate surface area is 140 Å². The molecule has 0 amide bonds. The molecule has 1 N–H and O–H groups in total. The van der Waals surface area contributed by atoms with Crippen LogP contribution in [0.15, 0.2) is 36.4 Å². The maximum absolute atomic E-state index is 11.2. The normalized spacial score (nSPS) is 18.9. The average Bonchev–Trinajstić information content (AvgIpc) is 3.03. The molecular weight excluding hydrogens is 310 g/mol. The molecule has 1 unspecified atom stereocenters. The van der Waals surface area contributed by atoms with Gasteiger partial charge in [0.25, 0.3) is 5.69 Å². The maximum atomic E-state index is 11.2. The summed E-state index contributed by atoms with van der Waals surface area (Å²) in [6.45, 7) is 3.11. The van der Waals surface area contributed by atoms with E-state index in [2.05, 4.69) is 16.3 Å². The Balaban J connectivity index is 1.75. The van der Waals surface area contributed by atoms with E-state index in [4.69, 9.17) is 0 Å².